The molecule has 1 amide bonds. The number of carbonyl (C=O) groups is 1. The van der Waals surface area contributed by atoms with Crippen molar-refractivity contribution in [2.24, 2.45) is 7.05 Å². The number of benzene rings is 1. The minimum absolute atomic E-state index is 0.273. The first-order valence-corrected chi connectivity index (χ1v) is 6.06. The van der Waals surface area contributed by atoms with Gasteiger partial charge >= 0.3 is 0 Å². The fourth-order valence-electron chi connectivity index (χ4n) is 1.50. The topological polar surface area (TPSA) is 46.9 Å². The number of aryl methyl sites for hydroxylation is 1. The maximum absolute atomic E-state index is 12.9. The molecule has 0 saturated carbocycles. The van der Waals surface area contributed by atoms with E-state index in [-0.39, 0.29) is 11.7 Å². The first-order valence-electron chi connectivity index (χ1n) is 5.27. The van der Waals surface area contributed by atoms with Crippen molar-refractivity contribution >= 4 is 21.8 Å². The molecule has 18 heavy (non-hydrogen) atoms. The summed E-state index contributed by atoms with van der Waals surface area (Å²) in [5, 5.41) is 2.73. The summed E-state index contributed by atoms with van der Waals surface area (Å²) in [6, 6.07) is 3.95. The van der Waals surface area contributed by atoms with E-state index < -0.39 is 0 Å². The molecule has 4 nitrogen and oxygen atoms in total. The van der Waals surface area contributed by atoms with Crippen LogP contribution in [0.3, 0.4) is 0 Å². The molecule has 1 N–H and O–H groups in total. The third-order valence-electron chi connectivity index (χ3n) is 2.50. The van der Waals surface area contributed by atoms with Crippen molar-refractivity contribution in [3.05, 3.63) is 52.3 Å². The van der Waals surface area contributed by atoms with E-state index in [9.17, 15) is 9.18 Å². The Labute approximate surface area is 112 Å². The number of aromatic nitrogens is 2. The van der Waals surface area contributed by atoms with E-state index in [1.54, 1.807) is 12.4 Å². The molecular formula is C12H11BrFN3O. The van der Waals surface area contributed by atoms with Gasteiger partial charge < -0.3 is 9.88 Å². The van der Waals surface area contributed by atoms with Crippen molar-refractivity contribution < 1.29 is 9.18 Å². The first kappa shape index (κ1) is 12.8. The van der Waals surface area contributed by atoms with Gasteiger partial charge in [-0.1, -0.05) is 0 Å². The lowest BCUT2D eigenvalue weighted by Gasteiger charge is -2.07. The molecule has 0 atom stereocenters. The predicted octanol–water partition coefficient (Wildman–Crippen LogP) is 2.25. The standard InChI is InChI=1S/C12H11BrFN3O/c1-17-5-4-15-11(17)7-16-12(18)9-3-2-8(14)6-10(9)13/h2-6H,7H2,1H3,(H,16,18). The van der Waals surface area contributed by atoms with Gasteiger partial charge in [-0.15, -0.1) is 0 Å². The van der Waals surface area contributed by atoms with Crippen molar-refractivity contribution in [2.75, 3.05) is 0 Å². The van der Waals surface area contributed by atoms with Crippen LogP contribution in [0.4, 0.5) is 4.39 Å². The fourth-order valence-corrected chi connectivity index (χ4v) is 2.03. The molecule has 2 aromatic rings. The van der Waals surface area contributed by atoms with E-state index in [0.29, 0.717) is 16.6 Å². The fraction of sp³-hybridized carbons (Fsp3) is 0.167. The number of nitrogens with one attached hydrogen (secondary N) is 1. The van der Waals surface area contributed by atoms with Crippen LogP contribution in [0.5, 0.6) is 0 Å². The Morgan fingerprint density at radius 2 is 2.33 bits per heavy atom. The van der Waals surface area contributed by atoms with E-state index in [1.165, 1.54) is 18.2 Å². The molecule has 2 rings (SSSR count). The molecule has 0 aliphatic heterocycles. The molecule has 6 heteroatoms. The Balaban J connectivity index is 2.06. The highest BCUT2D eigenvalue weighted by atomic mass is 79.9. The summed E-state index contributed by atoms with van der Waals surface area (Å²) >= 11 is 3.16. The molecule has 0 aliphatic carbocycles. The van der Waals surface area contributed by atoms with E-state index in [2.05, 4.69) is 26.2 Å². The molecular weight excluding hydrogens is 301 g/mol. The van der Waals surface area contributed by atoms with Gasteiger partial charge in [0, 0.05) is 23.9 Å². The van der Waals surface area contributed by atoms with Crippen LogP contribution in [-0.4, -0.2) is 15.5 Å². The number of halogens is 2. The zero-order valence-electron chi connectivity index (χ0n) is 9.65. The number of imidazole rings is 1. The van der Waals surface area contributed by atoms with E-state index >= 15 is 0 Å². The van der Waals surface area contributed by atoms with Crippen LogP contribution in [-0.2, 0) is 13.6 Å². The normalized spacial score (nSPS) is 10.4. The predicted molar refractivity (Wildman–Crippen MR) is 68.5 cm³/mol. The van der Waals surface area contributed by atoms with Crippen molar-refractivity contribution in [3.8, 4) is 0 Å². The highest BCUT2D eigenvalue weighted by molar-refractivity contribution is 9.10. The average Bonchev–Trinajstić information content (AvgIpc) is 2.72. The van der Waals surface area contributed by atoms with Gasteiger partial charge in [0.2, 0.25) is 0 Å². The zero-order valence-corrected chi connectivity index (χ0v) is 11.2. The summed E-state index contributed by atoms with van der Waals surface area (Å²) in [5.74, 6) is 0.0917. The van der Waals surface area contributed by atoms with E-state index in [4.69, 9.17) is 0 Å². The minimum atomic E-state index is -0.387. The van der Waals surface area contributed by atoms with E-state index in [1.807, 2.05) is 11.6 Å². The lowest BCUT2D eigenvalue weighted by atomic mass is 10.2. The second-order valence-corrected chi connectivity index (χ2v) is 4.62. The molecule has 0 aliphatic rings. The van der Waals surface area contributed by atoms with Crippen LogP contribution in [0.15, 0.2) is 35.1 Å². The van der Waals surface area contributed by atoms with Gasteiger partial charge in [-0.25, -0.2) is 9.37 Å². The van der Waals surface area contributed by atoms with Crippen LogP contribution in [0.1, 0.15) is 16.2 Å². The third kappa shape index (κ3) is 2.76. The Hall–Kier alpha value is -1.69. The Bertz CT molecular complexity index is 582. The Kier molecular flexibility index (Phi) is 3.76. The maximum Gasteiger partial charge on any atom is 0.252 e. The van der Waals surface area contributed by atoms with Gasteiger partial charge in [-0.05, 0) is 34.1 Å². The smallest absolute Gasteiger partial charge is 0.252 e. The highest BCUT2D eigenvalue weighted by Crippen LogP contribution is 2.17. The largest absolute Gasteiger partial charge is 0.345 e. The molecule has 0 saturated heterocycles. The maximum atomic E-state index is 12.9. The summed E-state index contributed by atoms with van der Waals surface area (Å²) in [6.45, 7) is 0.326. The molecule has 0 fully saturated rings. The van der Waals surface area contributed by atoms with Gasteiger partial charge in [-0.2, -0.15) is 0 Å². The molecule has 0 unspecified atom stereocenters. The van der Waals surface area contributed by atoms with Gasteiger partial charge in [0.1, 0.15) is 11.6 Å². The summed E-state index contributed by atoms with van der Waals surface area (Å²) < 4.78 is 15.1. The van der Waals surface area contributed by atoms with Crippen LogP contribution in [0, 0.1) is 5.82 Å². The number of hydrogen-bond donors (Lipinski definition) is 1. The average molecular weight is 312 g/mol. The summed E-state index contributed by atoms with van der Waals surface area (Å²) in [4.78, 5) is 16.0. The van der Waals surface area contributed by atoms with Crippen LogP contribution in [0.25, 0.3) is 0 Å². The van der Waals surface area contributed by atoms with Crippen LogP contribution in [0.2, 0.25) is 0 Å². The zero-order chi connectivity index (χ0) is 13.1. The lowest BCUT2D eigenvalue weighted by Crippen LogP contribution is -2.24. The van der Waals surface area contributed by atoms with Crippen molar-refractivity contribution in [3.63, 3.8) is 0 Å². The molecule has 1 aromatic heterocycles. The summed E-state index contributed by atoms with van der Waals surface area (Å²) in [7, 11) is 1.85. The quantitative estimate of drug-likeness (QED) is 0.945. The second-order valence-electron chi connectivity index (χ2n) is 3.76. The molecule has 1 heterocycles. The number of rotatable bonds is 3. The van der Waals surface area contributed by atoms with Gasteiger partial charge in [-0.3, -0.25) is 4.79 Å². The summed E-state index contributed by atoms with van der Waals surface area (Å²) in [5.41, 5.74) is 0.394. The highest BCUT2D eigenvalue weighted by Gasteiger charge is 2.11. The van der Waals surface area contributed by atoms with Gasteiger partial charge in [0.05, 0.1) is 12.1 Å². The number of carbonyl (C=O) groups excluding carboxylic acids is 1. The van der Waals surface area contributed by atoms with Gasteiger partial charge in [0.15, 0.2) is 0 Å². The van der Waals surface area contributed by atoms with E-state index in [0.717, 1.165) is 5.82 Å². The molecule has 0 spiro atoms. The van der Waals surface area contributed by atoms with Crippen molar-refractivity contribution in [1.29, 1.82) is 0 Å². The second kappa shape index (κ2) is 5.30. The van der Waals surface area contributed by atoms with Crippen molar-refractivity contribution in [2.45, 2.75) is 6.54 Å². The lowest BCUT2D eigenvalue weighted by molar-refractivity contribution is 0.0949. The molecule has 0 bridgehead atoms. The minimum Gasteiger partial charge on any atom is -0.345 e. The molecule has 1 aromatic carbocycles. The van der Waals surface area contributed by atoms with Crippen LogP contribution >= 0.6 is 15.9 Å². The molecule has 94 valence electrons. The number of hydrogen-bond acceptors (Lipinski definition) is 2. The summed E-state index contributed by atoms with van der Waals surface area (Å²) in [6.07, 6.45) is 3.46. The third-order valence-corrected chi connectivity index (χ3v) is 3.16. The van der Waals surface area contributed by atoms with Gasteiger partial charge in [0.25, 0.3) is 5.91 Å². The number of amides is 1. The molecule has 0 radical (unpaired) electrons. The Morgan fingerprint density at radius 3 is 2.94 bits per heavy atom. The Morgan fingerprint density at radius 1 is 1.56 bits per heavy atom. The number of nitrogens with zero attached hydrogens (tertiary/aromatic N) is 2. The monoisotopic (exact) mass is 311 g/mol. The SMILES string of the molecule is Cn1ccnc1CNC(=O)c1ccc(F)cc1Br. The van der Waals surface area contributed by atoms with Crippen LogP contribution < -0.4 is 5.32 Å². The van der Waals surface area contributed by atoms with Crippen molar-refractivity contribution in [1.82, 2.24) is 14.9 Å². The first-order chi connectivity index (χ1) is 8.58.